The molecule has 0 aliphatic rings. The van der Waals surface area contributed by atoms with Crippen LogP contribution in [0.25, 0.3) is 0 Å². The first-order valence-electron chi connectivity index (χ1n) is 5.84. The fourth-order valence-corrected chi connectivity index (χ4v) is 1.59. The molecule has 1 aromatic carbocycles. The van der Waals surface area contributed by atoms with Gasteiger partial charge < -0.3 is 5.32 Å². The van der Waals surface area contributed by atoms with E-state index in [1.165, 1.54) is 12.1 Å². The highest BCUT2D eigenvalue weighted by molar-refractivity contribution is 5.58. The molecule has 0 aliphatic carbocycles. The van der Waals surface area contributed by atoms with Gasteiger partial charge in [0, 0.05) is 17.9 Å². The van der Waals surface area contributed by atoms with Crippen molar-refractivity contribution in [3.05, 3.63) is 42.2 Å². The highest BCUT2D eigenvalue weighted by Crippen LogP contribution is 2.30. The molecular formula is C13H14F3N3. The number of hydrogen-bond acceptors (Lipinski definition) is 2. The molecule has 0 spiro atoms. The van der Waals surface area contributed by atoms with E-state index >= 15 is 0 Å². The minimum atomic E-state index is -4.30. The minimum absolute atomic E-state index is 0.239. The largest absolute Gasteiger partial charge is 0.416 e. The van der Waals surface area contributed by atoms with E-state index in [1.807, 2.05) is 20.0 Å². The quantitative estimate of drug-likeness (QED) is 0.903. The standard InChI is InChI=1S/C13H14F3N3/c1-9(2)19-8-12(7-17-19)18-11-5-3-10(4-6-11)13(14,15)16/h3-9,18H,1-2H3. The maximum atomic E-state index is 12.4. The van der Waals surface area contributed by atoms with Crippen molar-refractivity contribution in [1.82, 2.24) is 9.78 Å². The van der Waals surface area contributed by atoms with E-state index in [0.29, 0.717) is 5.69 Å². The normalized spacial score (nSPS) is 11.9. The maximum absolute atomic E-state index is 12.4. The van der Waals surface area contributed by atoms with Crippen molar-refractivity contribution in [1.29, 1.82) is 0 Å². The van der Waals surface area contributed by atoms with Crippen molar-refractivity contribution < 1.29 is 13.2 Å². The second-order valence-electron chi connectivity index (χ2n) is 4.50. The van der Waals surface area contributed by atoms with Crippen molar-refractivity contribution in [2.75, 3.05) is 5.32 Å². The van der Waals surface area contributed by atoms with Crippen molar-refractivity contribution in [2.45, 2.75) is 26.1 Å². The average molecular weight is 269 g/mol. The predicted molar refractivity (Wildman–Crippen MR) is 67.3 cm³/mol. The van der Waals surface area contributed by atoms with Gasteiger partial charge >= 0.3 is 6.18 Å². The lowest BCUT2D eigenvalue weighted by atomic mass is 10.2. The fourth-order valence-electron chi connectivity index (χ4n) is 1.59. The summed E-state index contributed by atoms with van der Waals surface area (Å²) >= 11 is 0. The third kappa shape index (κ3) is 3.27. The van der Waals surface area contributed by atoms with Crippen LogP contribution in [0.4, 0.5) is 24.5 Å². The Bertz CT molecular complexity index is 541. The highest BCUT2D eigenvalue weighted by Gasteiger charge is 2.29. The fraction of sp³-hybridized carbons (Fsp3) is 0.308. The lowest BCUT2D eigenvalue weighted by Gasteiger charge is -2.08. The first kappa shape index (κ1) is 13.5. The van der Waals surface area contributed by atoms with Crippen LogP contribution in [-0.2, 0) is 6.18 Å². The molecule has 0 atom stereocenters. The van der Waals surface area contributed by atoms with E-state index in [4.69, 9.17) is 0 Å². The first-order valence-corrected chi connectivity index (χ1v) is 5.84. The number of halogens is 3. The number of aromatic nitrogens is 2. The third-order valence-corrected chi connectivity index (χ3v) is 2.63. The summed E-state index contributed by atoms with van der Waals surface area (Å²) in [5, 5.41) is 7.15. The van der Waals surface area contributed by atoms with Gasteiger partial charge in [-0.25, -0.2) is 0 Å². The van der Waals surface area contributed by atoms with Crippen LogP contribution >= 0.6 is 0 Å². The zero-order valence-corrected chi connectivity index (χ0v) is 10.6. The molecule has 3 nitrogen and oxygen atoms in total. The molecule has 0 fully saturated rings. The van der Waals surface area contributed by atoms with Crippen molar-refractivity contribution >= 4 is 11.4 Å². The molecule has 0 radical (unpaired) electrons. The van der Waals surface area contributed by atoms with Crippen LogP contribution < -0.4 is 5.32 Å². The Morgan fingerprint density at radius 3 is 2.21 bits per heavy atom. The van der Waals surface area contributed by atoms with Gasteiger partial charge in [0.05, 0.1) is 17.4 Å². The number of anilines is 2. The van der Waals surface area contributed by atoms with E-state index in [1.54, 1.807) is 10.9 Å². The van der Waals surface area contributed by atoms with Gasteiger partial charge in [-0.1, -0.05) is 0 Å². The summed E-state index contributed by atoms with van der Waals surface area (Å²) < 4.78 is 39.0. The van der Waals surface area contributed by atoms with Gasteiger partial charge in [0.25, 0.3) is 0 Å². The number of benzene rings is 1. The highest BCUT2D eigenvalue weighted by atomic mass is 19.4. The Balaban J connectivity index is 2.11. The number of nitrogens with zero attached hydrogens (tertiary/aromatic N) is 2. The third-order valence-electron chi connectivity index (χ3n) is 2.63. The lowest BCUT2D eigenvalue weighted by molar-refractivity contribution is -0.137. The molecule has 2 aromatic rings. The number of hydrogen-bond donors (Lipinski definition) is 1. The molecule has 0 amide bonds. The zero-order valence-electron chi connectivity index (χ0n) is 10.6. The van der Waals surface area contributed by atoms with E-state index in [-0.39, 0.29) is 6.04 Å². The predicted octanol–water partition coefficient (Wildman–Crippen LogP) is 4.23. The van der Waals surface area contributed by atoms with Gasteiger partial charge in [-0.3, -0.25) is 4.68 Å². The van der Waals surface area contributed by atoms with Gasteiger partial charge in [-0.2, -0.15) is 18.3 Å². The molecule has 19 heavy (non-hydrogen) atoms. The van der Waals surface area contributed by atoms with Gasteiger partial charge in [-0.15, -0.1) is 0 Å². The molecule has 0 bridgehead atoms. The van der Waals surface area contributed by atoms with E-state index in [0.717, 1.165) is 17.8 Å². The van der Waals surface area contributed by atoms with Crippen molar-refractivity contribution in [3.63, 3.8) is 0 Å². The molecule has 0 saturated heterocycles. The Hall–Kier alpha value is -1.98. The second-order valence-corrected chi connectivity index (χ2v) is 4.50. The molecule has 1 heterocycles. The van der Waals surface area contributed by atoms with Crippen LogP contribution in [0.1, 0.15) is 25.5 Å². The van der Waals surface area contributed by atoms with Crippen LogP contribution in [0.15, 0.2) is 36.7 Å². The SMILES string of the molecule is CC(C)n1cc(Nc2ccc(C(F)(F)F)cc2)cn1. The molecule has 0 aliphatic heterocycles. The smallest absolute Gasteiger partial charge is 0.353 e. The van der Waals surface area contributed by atoms with Crippen LogP contribution in [0.2, 0.25) is 0 Å². The van der Waals surface area contributed by atoms with Gasteiger partial charge in [0.2, 0.25) is 0 Å². The van der Waals surface area contributed by atoms with Gasteiger partial charge in [-0.05, 0) is 38.1 Å². The van der Waals surface area contributed by atoms with Crippen molar-refractivity contribution in [2.24, 2.45) is 0 Å². The summed E-state index contributed by atoms with van der Waals surface area (Å²) in [6.07, 6.45) is -0.860. The van der Waals surface area contributed by atoms with E-state index in [9.17, 15) is 13.2 Å². The lowest BCUT2D eigenvalue weighted by Crippen LogP contribution is -2.04. The average Bonchev–Trinajstić information content (AvgIpc) is 2.77. The maximum Gasteiger partial charge on any atom is 0.416 e. The summed E-state index contributed by atoms with van der Waals surface area (Å²) in [5.41, 5.74) is 0.681. The summed E-state index contributed by atoms with van der Waals surface area (Å²) in [4.78, 5) is 0. The summed E-state index contributed by atoms with van der Waals surface area (Å²) in [7, 11) is 0. The molecule has 1 N–H and O–H groups in total. The monoisotopic (exact) mass is 269 g/mol. The Labute approximate surface area is 109 Å². The van der Waals surface area contributed by atoms with E-state index in [2.05, 4.69) is 10.4 Å². The topological polar surface area (TPSA) is 29.9 Å². The van der Waals surface area contributed by atoms with Crippen LogP contribution in [-0.4, -0.2) is 9.78 Å². The molecular weight excluding hydrogens is 255 g/mol. The van der Waals surface area contributed by atoms with Gasteiger partial charge in [0.15, 0.2) is 0 Å². The first-order chi connectivity index (χ1) is 8.86. The molecule has 0 unspecified atom stereocenters. The minimum Gasteiger partial charge on any atom is -0.353 e. The Kier molecular flexibility index (Phi) is 3.50. The summed E-state index contributed by atoms with van der Waals surface area (Å²) in [5.74, 6) is 0. The van der Waals surface area contributed by atoms with Crippen molar-refractivity contribution in [3.8, 4) is 0 Å². The Morgan fingerprint density at radius 2 is 1.74 bits per heavy atom. The van der Waals surface area contributed by atoms with Crippen LogP contribution in [0.3, 0.4) is 0 Å². The molecule has 1 aromatic heterocycles. The number of nitrogens with one attached hydrogen (secondary N) is 1. The Morgan fingerprint density at radius 1 is 1.11 bits per heavy atom. The summed E-state index contributed by atoms with van der Waals surface area (Å²) in [6, 6.07) is 5.14. The number of alkyl halides is 3. The van der Waals surface area contributed by atoms with Crippen LogP contribution in [0, 0.1) is 0 Å². The molecule has 6 heteroatoms. The summed E-state index contributed by atoms with van der Waals surface area (Å²) in [6.45, 7) is 3.99. The van der Waals surface area contributed by atoms with E-state index < -0.39 is 11.7 Å². The molecule has 2 rings (SSSR count). The number of rotatable bonds is 3. The second kappa shape index (κ2) is 4.95. The van der Waals surface area contributed by atoms with Crippen LogP contribution in [0.5, 0.6) is 0 Å². The zero-order chi connectivity index (χ0) is 14.0. The molecule has 0 saturated carbocycles. The molecule has 102 valence electrons. The van der Waals surface area contributed by atoms with Gasteiger partial charge in [0.1, 0.15) is 0 Å².